The van der Waals surface area contributed by atoms with Gasteiger partial charge < -0.3 is 15.0 Å². The van der Waals surface area contributed by atoms with Crippen LogP contribution in [-0.4, -0.2) is 67.8 Å². The van der Waals surface area contributed by atoms with Gasteiger partial charge in [0.05, 0.1) is 27.2 Å². The van der Waals surface area contributed by atoms with Gasteiger partial charge in [0.1, 0.15) is 19.2 Å². The molecule has 2 aliphatic heterocycles. The largest absolute Gasteiger partial charge is 0.473 e. The number of hydrogen-bond donors (Lipinski definition) is 1. The summed E-state index contributed by atoms with van der Waals surface area (Å²) in [7, 11) is 6.48. The Bertz CT molecular complexity index is 350. The topological polar surface area (TPSA) is 50.9 Å². The van der Waals surface area contributed by atoms with Gasteiger partial charge in [0, 0.05) is 6.04 Å². The van der Waals surface area contributed by atoms with Crippen molar-refractivity contribution in [2.24, 2.45) is 16.8 Å². The number of rotatable bonds is 3. The number of fused-ring (bicyclic) bond motifs is 1. The Kier molecular flexibility index (Phi) is 4.06. The number of piperidine rings is 1. The molecular formula is C14H29N4O+. The maximum absolute atomic E-state index is 6.29. The highest BCUT2D eigenvalue weighted by molar-refractivity contribution is 5.84. The molecule has 0 saturated carbocycles. The van der Waals surface area contributed by atoms with Crippen molar-refractivity contribution in [1.29, 1.82) is 0 Å². The molecule has 1 saturated heterocycles. The van der Waals surface area contributed by atoms with E-state index in [-0.39, 0.29) is 6.04 Å². The molecule has 4 atom stereocenters. The Labute approximate surface area is 117 Å². The molecular weight excluding hydrogens is 240 g/mol. The Morgan fingerprint density at radius 2 is 2.00 bits per heavy atom. The minimum absolute atomic E-state index is 0.0533. The zero-order valence-electron chi connectivity index (χ0n) is 13.0. The van der Waals surface area contributed by atoms with Crippen LogP contribution in [-0.2, 0) is 4.74 Å². The van der Waals surface area contributed by atoms with Crippen molar-refractivity contribution in [3.8, 4) is 0 Å². The van der Waals surface area contributed by atoms with Crippen molar-refractivity contribution in [2.75, 3.05) is 34.3 Å². The molecule has 0 radical (unpaired) electrons. The average Bonchev–Trinajstić information content (AvgIpc) is 2.61. The maximum atomic E-state index is 6.29. The molecule has 2 N–H and O–H groups in total. The van der Waals surface area contributed by atoms with E-state index in [1.807, 2.05) is 0 Å². The van der Waals surface area contributed by atoms with Gasteiger partial charge in [-0.2, -0.15) is 0 Å². The Balaban J connectivity index is 1.95. The first-order valence-corrected chi connectivity index (χ1v) is 7.35. The number of nitrogens with zero attached hydrogens (tertiary/aromatic N) is 3. The summed E-state index contributed by atoms with van der Waals surface area (Å²) in [6.45, 7) is 6.17. The summed E-state index contributed by atoms with van der Waals surface area (Å²) in [5.74, 6) is 1.41. The van der Waals surface area contributed by atoms with Gasteiger partial charge in [-0.3, -0.25) is 5.01 Å². The van der Waals surface area contributed by atoms with Gasteiger partial charge in [-0.15, -0.1) is 5.10 Å². The van der Waals surface area contributed by atoms with E-state index in [1.165, 1.54) is 6.42 Å². The summed E-state index contributed by atoms with van der Waals surface area (Å²) in [5, 5.41) is 6.82. The van der Waals surface area contributed by atoms with Crippen LogP contribution in [0.3, 0.4) is 0 Å². The minimum Gasteiger partial charge on any atom is -0.473 e. The van der Waals surface area contributed by atoms with E-state index in [0.717, 1.165) is 23.3 Å². The molecule has 0 amide bonds. The summed E-state index contributed by atoms with van der Waals surface area (Å²) in [5.41, 5.74) is 6.29. The minimum atomic E-state index is -0.0533. The fourth-order valence-corrected chi connectivity index (χ4v) is 2.77. The standard InChI is InChI=1S/C14H29N4O/c1-10-6-7-12-13(15)14(16-17(12)11(10)2)19-9-8-18(3,4)5/h10-13H,6-9,15H2,1-5H3/q+1. The highest BCUT2D eigenvalue weighted by atomic mass is 16.5. The van der Waals surface area contributed by atoms with Crippen molar-refractivity contribution >= 4 is 5.90 Å². The van der Waals surface area contributed by atoms with Crippen molar-refractivity contribution in [3.05, 3.63) is 0 Å². The molecule has 110 valence electrons. The summed E-state index contributed by atoms with van der Waals surface area (Å²) < 4.78 is 6.73. The molecule has 0 aliphatic carbocycles. The molecule has 1 fully saturated rings. The summed E-state index contributed by atoms with van der Waals surface area (Å²) in [4.78, 5) is 0. The molecule has 5 heteroatoms. The Morgan fingerprint density at radius 1 is 1.32 bits per heavy atom. The molecule has 2 heterocycles. The molecule has 4 unspecified atom stereocenters. The molecule has 19 heavy (non-hydrogen) atoms. The first-order chi connectivity index (χ1) is 8.79. The molecule has 2 rings (SSSR count). The van der Waals surface area contributed by atoms with Crippen LogP contribution >= 0.6 is 0 Å². The van der Waals surface area contributed by atoms with E-state index >= 15 is 0 Å². The fourth-order valence-electron chi connectivity index (χ4n) is 2.77. The number of hydrazone groups is 1. The van der Waals surface area contributed by atoms with Crippen LogP contribution in [0.4, 0.5) is 0 Å². The smallest absolute Gasteiger partial charge is 0.225 e. The lowest BCUT2D eigenvalue weighted by Gasteiger charge is -2.39. The van der Waals surface area contributed by atoms with Crippen LogP contribution in [0, 0.1) is 5.92 Å². The number of nitrogens with two attached hydrogens (primary N) is 1. The Hall–Kier alpha value is -0.810. The third-order valence-electron chi connectivity index (χ3n) is 4.42. The van der Waals surface area contributed by atoms with Crippen LogP contribution in [0.15, 0.2) is 5.10 Å². The van der Waals surface area contributed by atoms with E-state index < -0.39 is 0 Å². The first kappa shape index (κ1) is 14.6. The summed E-state index contributed by atoms with van der Waals surface area (Å²) in [6.07, 6.45) is 2.36. The molecule has 0 aromatic carbocycles. The van der Waals surface area contributed by atoms with Crippen LogP contribution in [0.1, 0.15) is 26.7 Å². The van der Waals surface area contributed by atoms with Crippen molar-refractivity contribution in [2.45, 2.75) is 44.8 Å². The zero-order chi connectivity index (χ0) is 14.2. The Morgan fingerprint density at radius 3 is 2.63 bits per heavy atom. The van der Waals surface area contributed by atoms with Gasteiger partial charge in [0.15, 0.2) is 0 Å². The van der Waals surface area contributed by atoms with Gasteiger partial charge in [-0.25, -0.2) is 0 Å². The van der Waals surface area contributed by atoms with Gasteiger partial charge >= 0.3 is 0 Å². The molecule has 0 aromatic rings. The maximum Gasteiger partial charge on any atom is 0.225 e. The molecule has 5 nitrogen and oxygen atoms in total. The van der Waals surface area contributed by atoms with Crippen molar-refractivity contribution < 1.29 is 9.22 Å². The lowest BCUT2D eigenvalue weighted by Crippen LogP contribution is -2.51. The molecule has 2 aliphatic rings. The van der Waals surface area contributed by atoms with Crippen molar-refractivity contribution in [1.82, 2.24) is 5.01 Å². The van der Waals surface area contributed by atoms with E-state index in [1.54, 1.807) is 0 Å². The number of ether oxygens (including phenoxy) is 1. The average molecular weight is 269 g/mol. The lowest BCUT2D eigenvalue weighted by atomic mass is 9.87. The van der Waals surface area contributed by atoms with Gasteiger partial charge in [0.2, 0.25) is 5.90 Å². The van der Waals surface area contributed by atoms with E-state index in [4.69, 9.17) is 10.5 Å². The van der Waals surface area contributed by atoms with E-state index in [0.29, 0.717) is 24.6 Å². The van der Waals surface area contributed by atoms with Gasteiger partial charge in [0.25, 0.3) is 0 Å². The SMILES string of the molecule is CC1CCC2C(N)C(OCC[N+](C)(C)C)=NN2C1C. The van der Waals surface area contributed by atoms with E-state index in [2.05, 4.69) is 45.1 Å². The fraction of sp³-hybridized carbons (Fsp3) is 0.929. The van der Waals surface area contributed by atoms with Crippen LogP contribution < -0.4 is 5.73 Å². The highest BCUT2D eigenvalue weighted by Gasteiger charge is 2.42. The van der Waals surface area contributed by atoms with E-state index in [9.17, 15) is 0 Å². The second-order valence-corrected chi connectivity index (χ2v) is 7.07. The predicted molar refractivity (Wildman–Crippen MR) is 77.7 cm³/mol. The molecule has 0 aromatic heterocycles. The predicted octanol–water partition coefficient (Wildman–Crippen LogP) is 0.853. The third kappa shape index (κ3) is 3.20. The van der Waals surface area contributed by atoms with Crippen molar-refractivity contribution in [3.63, 3.8) is 0 Å². The lowest BCUT2D eigenvalue weighted by molar-refractivity contribution is -0.870. The first-order valence-electron chi connectivity index (χ1n) is 7.35. The second-order valence-electron chi connectivity index (χ2n) is 7.07. The molecule has 0 spiro atoms. The summed E-state index contributed by atoms with van der Waals surface area (Å²) in [6, 6.07) is 0.747. The monoisotopic (exact) mass is 269 g/mol. The highest BCUT2D eigenvalue weighted by Crippen LogP contribution is 2.33. The second kappa shape index (κ2) is 5.29. The van der Waals surface area contributed by atoms with Crippen LogP contribution in [0.5, 0.6) is 0 Å². The number of likely N-dealkylation sites (N-methyl/N-ethyl adjacent to an activating group) is 1. The molecule has 0 bridgehead atoms. The third-order valence-corrected chi connectivity index (χ3v) is 4.42. The van der Waals surface area contributed by atoms with Crippen LogP contribution in [0.25, 0.3) is 0 Å². The number of quaternary nitrogens is 1. The number of hydrogen-bond acceptors (Lipinski definition) is 4. The van der Waals surface area contributed by atoms with Crippen LogP contribution in [0.2, 0.25) is 0 Å². The van der Waals surface area contributed by atoms with Gasteiger partial charge in [-0.1, -0.05) is 6.92 Å². The van der Waals surface area contributed by atoms with Gasteiger partial charge in [-0.05, 0) is 25.7 Å². The normalized spacial score (nSPS) is 35.1. The quantitative estimate of drug-likeness (QED) is 0.773. The summed E-state index contributed by atoms with van der Waals surface area (Å²) >= 11 is 0. The zero-order valence-corrected chi connectivity index (χ0v) is 13.0.